The van der Waals surface area contributed by atoms with E-state index in [-0.39, 0.29) is 31.1 Å². The van der Waals surface area contributed by atoms with E-state index in [1.807, 2.05) is 0 Å². The van der Waals surface area contributed by atoms with E-state index in [1.165, 1.54) is 148 Å². The molecule has 6 nitrogen and oxygen atoms in total. The molecule has 0 saturated heterocycles. The fraction of sp³-hybridized carbons (Fsp3) is 0.725. The minimum Gasteiger partial charge on any atom is -0.462 e. The van der Waals surface area contributed by atoms with E-state index in [2.05, 4.69) is 118 Å². The minimum atomic E-state index is -0.799. The first-order valence-electron chi connectivity index (χ1n) is 31.7. The second-order valence-electron chi connectivity index (χ2n) is 20.9. The van der Waals surface area contributed by atoms with Crippen LogP contribution in [0.2, 0.25) is 0 Å². The maximum atomic E-state index is 12.9. The number of hydrogen-bond acceptors (Lipinski definition) is 6. The first kappa shape index (κ1) is 71.3. The summed E-state index contributed by atoms with van der Waals surface area (Å²) in [4.78, 5) is 38.3. The summed E-state index contributed by atoms with van der Waals surface area (Å²) in [5.41, 5.74) is 0. The Morgan fingerprint density at radius 2 is 0.520 bits per heavy atom. The Balaban J connectivity index is 4.40. The average Bonchev–Trinajstić information content (AvgIpc) is 3.41. The van der Waals surface area contributed by atoms with Crippen molar-refractivity contribution in [3.8, 4) is 0 Å². The van der Waals surface area contributed by atoms with Crippen molar-refractivity contribution < 1.29 is 28.6 Å². The Kier molecular flexibility index (Phi) is 59.8. The van der Waals surface area contributed by atoms with Gasteiger partial charge in [-0.15, -0.1) is 0 Å². The SMILES string of the molecule is CC/C=C\C/C=C\C/C=C\C/C=C\CCCCCCCCCCC(=O)OCC(COC(=O)CCCC/C=C\C/C=C\C/C=C\C/C=C\CC)OC(=O)CCCCCCCCCCCCCCCCCCCCCCC. The van der Waals surface area contributed by atoms with E-state index >= 15 is 0 Å². The van der Waals surface area contributed by atoms with Crippen molar-refractivity contribution >= 4 is 17.9 Å². The van der Waals surface area contributed by atoms with Crippen molar-refractivity contribution in [3.63, 3.8) is 0 Å². The first-order valence-corrected chi connectivity index (χ1v) is 31.7. The maximum Gasteiger partial charge on any atom is 0.306 e. The zero-order chi connectivity index (χ0) is 54.3. The van der Waals surface area contributed by atoms with Gasteiger partial charge >= 0.3 is 17.9 Å². The first-order chi connectivity index (χ1) is 37.0. The van der Waals surface area contributed by atoms with Gasteiger partial charge in [0.2, 0.25) is 0 Å². The lowest BCUT2D eigenvalue weighted by molar-refractivity contribution is -0.167. The zero-order valence-electron chi connectivity index (χ0n) is 49.3. The summed E-state index contributed by atoms with van der Waals surface area (Å²) >= 11 is 0. The summed E-state index contributed by atoms with van der Waals surface area (Å²) in [5.74, 6) is -0.932. The van der Waals surface area contributed by atoms with E-state index in [0.29, 0.717) is 19.3 Å². The van der Waals surface area contributed by atoms with Gasteiger partial charge in [0.25, 0.3) is 0 Å². The topological polar surface area (TPSA) is 78.9 Å². The largest absolute Gasteiger partial charge is 0.462 e. The molecule has 0 amide bonds. The van der Waals surface area contributed by atoms with Gasteiger partial charge < -0.3 is 14.2 Å². The van der Waals surface area contributed by atoms with Crippen LogP contribution in [0.25, 0.3) is 0 Å². The Morgan fingerprint density at radius 1 is 0.280 bits per heavy atom. The fourth-order valence-electron chi connectivity index (χ4n) is 8.90. The van der Waals surface area contributed by atoms with E-state index < -0.39 is 6.10 Å². The van der Waals surface area contributed by atoms with Crippen LogP contribution in [0, 0.1) is 0 Å². The number of carbonyl (C=O) groups excluding carboxylic acids is 3. The van der Waals surface area contributed by atoms with Crippen LogP contribution in [-0.2, 0) is 28.6 Å². The van der Waals surface area contributed by atoms with Crippen LogP contribution in [0.4, 0.5) is 0 Å². The zero-order valence-corrected chi connectivity index (χ0v) is 49.3. The molecule has 0 radical (unpaired) electrons. The van der Waals surface area contributed by atoms with Crippen LogP contribution in [0.5, 0.6) is 0 Å². The van der Waals surface area contributed by atoms with Crippen LogP contribution in [-0.4, -0.2) is 37.2 Å². The average molecular weight is 1040 g/mol. The molecule has 430 valence electrons. The molecule has 75 heavy (non-hydrogen) atoms. The molecule has 0 spiro atoms. The molecule has 0 saturated carbocycles. The molecular formula is C69H118O6. The van der Waals surface area contributed by atoms with Gasteiger partial charge in [-0.25, -0.2) is 0 Å². The maximum absolute atomic E-state index is 12.9. The molecule has 0 aromatic carbocycles. The van der Waals surface area contributed by atoms with Crippen LogP contribution in [0.3, 0.4) is 0 Å². The van der Waals surface area contributed by atoms with Gasteiger partial charge in [-0.05, 0) is 96.3 Å². The van der Waals surface area contributed by atoms with Crippen molar-refractivity contribution in [1.82, 2.24) is 0 Å². The van der Waals surface area contributed by atoms with Crippen molar-refractivity contribution in [2.24, 2.45) is 0 Å². The van der Waals surface area contributed by atoms with Gasteiger partial charge in [0.1, 0.15) is 13.2 Å². The minimum absolute atomic E-state index is 0.0933. The van der Waals surface area contributed by atoms with Crippen molar-refractivity contribution in [2.45, 2.75) is 309 Å². The van der Waals surface area contributed by atoms with Crippen molar-refractivity contribution in [1.29, 1.82) is 0 Å². The highest BCUT2D eigenvalue weighted by Crippen LogP contribution is 2.17. The molecular weight excluding hydrogens is 925 g/mol. The molecule has 1 atom stereocenters. The lowest BCUT2D eigenvalue weighted by Gasteiger charge is -2.18. The molecule has 0 aromatic heterocycles. The summed E-state index contributed by atoms with van der Waals surface area (Å²) in [7, 11) is 0. The molecule has 0 heterocycles. The number of hydrogen-bond donors (Lipinski definition) is 0. The highest BCUT2D eigenvalue weighted by Gasteiger charge is 2.19. The van der Waals surface area contributed by atoms with E-state index in [1.54, 1.807) is 0 Å². The Hall–Kier alpha value is -3.67. The predicted octanol–water partition coefficient (Wildman–Crippen LogP) is 21.7. The summed E-state index contributed by atoms with van der Waals surface area (Å²) in [6, 6.07) is 0. The molecule has 0 aliphatic rings. The molecule has 6 heteroatoms. The summed E-state index contributed by atoms with van der Waals surface area (Å²) in [6.45, 7) is 6.40. The molecule has 0 aromatic rings. The van der Waals surface area contributed by atoms with Gasteiger partial charge in [0, 0.05) is 19.3 Å². The Morgan fingerprint density at radius 3 is 0.840 bits per heavy atom. The predicted molar refractivity (Wildman–Crippen MR) is 325 cm³/mol. The van der Waals surface area contributed by atoms with Crippen LogP contribution < -0.4 is 0 Å². The number of allylic oxidation sites excluding steroid dienone is 16. The third kappa shape index (κ3) is 61.1. The monoisotopic (exact) mass is 1040 g/mol. The molecule has 0 bridgehead atoms. The van der Waals surface area contributed by atoms with Crippen molar-refractivity contribution in [2.75, 3.05) is 13.2 Å². The summed E-state index contributed by atoms with van der Waals surface area (Å²) in [5, 5.41) is 0. The normalized spacial score (nSPS) is 12.7. The van der Waals surface area contributed by atoms with Crippen molar-refractivity contribution in [3.05, 3.63) is 97.2 Å². The lowest BCUT2D eigenvalue weighted by Crippen LogP contribution is -2.30. The second-order valence-corrected chi connectivity index (χ2v) is 20.9. The quantitative estimate of drug-likeness (QED) is 0.0261. The third-order valence-electron chi connectivity index (χ3n) is 13.6. The van der Waals surface area contributed by atoms with E-state index in [9.17, 15) is 14.4 Å². The lowest BCUT2D eigenvalue weighted by atomic mass is 10.0. The number of carbonyl (C=O) groups is 3. The number of ether oxygens (including phenoxy) is 3. The summed E-state index contributed by atoms with van der Waals surface area (Å²) < 4.78 is 16.9. The highest BCUT2D eigenvalue weighted by atomic mass is 16.6. The molecule has 0 aliphatic carbocycles. The highest BCUT2D eigenvalue weighted by molar-refractivity contribution is 5.71. The van der Waals surface area contributed by atoms with Crippen LogP contribution in [0.1, 0.15) is 303 Å². The standard InChI is InChI=1S/C69H118O6/c1-4-7-10-13-16-19-22-25-28-30-32-34-36-38-41-44-47-50-53-56-59-62-68(71)74-65-66(64-73-67(70)61-58-55-52-49-46-43-40-27-24-21-18-15-12-9-6-3)75-69(72)63-60-57-54-51-48-45-42-39-37-35-33-31-29-26-23-20-17-14-11-8-5-2/h7,9-10,12,16,18-19,21,25,27-28,32,34,40,46,49,66H,4-6,8,11,13-15,17,20,22-24,26,29-31,33,35-39,41-45,47-48,50-65H2,1-3H3/b10-7-,12-9-,19-16-,21-18-,28-25-,34-32-,40-27-,49-46-. The van der Waals surface area contributed by atoms with Crippen LogP contribution >= 0.6 is 0 Å². The smallest absolute Gasteiger partial charge is 0.306 e. The van der Waals surface area contributed by atoms with Gasteiger partial charge in [0.15, 0.2) is 6.10 Å². The van der Waals surface area contributed by atoms with Gasteiger partial charge in [-0.2, -0.15) is 0 Å². The molecule has 1 unspecified atom stereocenters. The third-order valence-corrected chi connectivity index (χ3v) is 13.6. The molecule has 0 fully saturated rings. The second kappa shape index (κ2) is 62.9. The number of unbranched alkanes of at least 4 members (excludes halogenated alkanes) is 30. The number of esters is 3. The Bertz CT molecular complexity index is 1480. The van der Waals surface area contributed by atoms with E-state index in [0.717, 1.165) is 116 Å². The van der Waals surface area contributed by atoms with E-state index in [4.69, 9.17) is 14.2 Å². The van der Waals surface area contributed by atoms with Gasteiger partial charge in [-0.3, -0.25) is 14.4 Å². The fourth-order valence-corrected chi connectivity index (χ4v) is 8.90. The van der Waals surface area contributed by atoms with Gasteiger partial charge in [0.05, 0.1) is 0 Å². The molecule has 0 rings (SSSR count). The Labute approximate surface area is 464 Å². The summed E-state index contributed by atoms with van der Waals surface area (Å²) in [6.07, 6.45) is 84.2. The number of rotatable bonds is 57. The van der Waals surface area contributed by atoms with Crippen LogP contribution in [0.15, 0.2) is 97.2 Å². The molecule has 0 N–H and O–H groups in total. The molecule has 0 aliphatic heterocycles. The van der Waals surface area contributed by atoms with Gasteiger partial charge in [-0.1, -0.05) is 285 Å².